The highest BCUT2D eigenvalue weighted by molar-refractivity contribution is 7.81. The van der Waals surface area contributed by atoms with E-state index in [1.165, 1.54) is 25.1 Å². The lowest BCUT2D eigenvalue weighted by molar-refractivity contribution is -0.384. The number of dihydropyridines is 1. The van der Waals surface area contributed by atoms with Crippen LogP contribution in [0.3, 0.4) is 0 Å². The molecule has 0 fully saturated rings. The number of non-ortho nitro benzene ring substituents is 1. The van der Waals surface area contributed by atoms with Crippen molar-refractivity contribution in [3.8, 4) is 0 Å². The molecule has 0 saturated carbocycles. The van der Waals surface area contributed by atoms with Gasteiger partial charge < -0.3 is 19.5 Å². The minimum absolute atomic E-state index is 0.0261. The maximum Gasteiger partial charge on any atom is 0.336 e. The summed E-state index contributed by atoms with van der Waals surface area (Å²) in [5.74, 6) is -2.99. The monoisotopic (exact) mass is 478 g/mol. The lowest BCUT2D eigenvalue weighted by Crippen LogP contribution is -2.37. The standard InChI is InChI=1S/C22H26N2O8S/c1-5-30-21(26)17-12(3)23-20(16(33)11-32-13(4)25)19(22(27)31-6-2)18(17)14-8-7-9-15(10-14)24(28)29/h7-10,16,18,23,33H,5-6,11H2,1-4H3. The quantitative estimate of drug-likeness (QED) is 0.181. The van der Waals surface area contributed by atoms with E-state index < -0.39 is 34.0 Å². The summed E-state index contributed by atoms with van der Waals surface area (Å²) in [5, 5.41) is 13.6. The molecule has 33 heavy (non-hydrogen) atoms. The zero-order valence-electron chi connectivity index (χ0n) is 18.7. The van der Waals surface area contributed by atoms with Crippen LogP contribution in [0, 0.1) is 10.1 Å². The van der Waals surface area contributed by atoms with Crippen LogP contribution in [0.5, 0.6) is 0 Å². The number of carbonyl (C=O) groups excluding carboxylic acids is 3. The molecular formula is C22H26N2O8S. The molecule has 0 radical (unpaired) electrons. The van der Waals surface area contributed by atoms with Gasteiger partial charge in [0.2, 0.25) is 0 Å². The first kappa shape index (κ1) is 25.9. The number of benzene rings is 1. The van der Waals surface area contributed by atoms with Crippen molar-refractivity contribution >= 4 is 36.2 Å². The minimum Gasteiger partial charge on any atom is -0.464 e. The molecule has 0 saturated heterocycles. The fraction of sp³-hybridized carbons (Fsp3) is 0.409. The van der Waals surface area contributed by atoms with Gasteiger partial charge in [-0.25, -0.2) is 9.59 Å². The molecule has 2 atom stereocenters. The van der Waals surface area contributed by atoms with Crippen molar-refractivity contribution in [1.29, 1.82) is 0 Å². The zero-order valence-corrected chi connectivity index (χ0v) is 19.6. The fourth-order valence-corrected chi connectivity index (χ4v) is 3.74. The summed E-state index contributed by atoms with van der Waals surface area (Å²) in [4.78, 5) is 48.1. The molecule has 0 aromatic heterocycles. The van der Waals surface area contributed by atoms with Crippen LogP contribution in [0.1, 0.15) is 39.2 Å². The van der Waals surface area contributed by atoms with Gasteiger partial charge in [0.15, 0.2) is 0 Å². The Morgan fingerprint density at radius 1 is 1.12 bits per heavy atom. The van der Waals surface area contributed by atoms with Crippen LogP contribution in [-0.4, -0.2) is 47.9 Å². The number of allylic oxidation sites excluding steroid dienone is 1. The first-order valence-corrected chi connectivity index (χ1v) is 10.8. The van der Waals surface area contributed by atoms with Gasteiger partial charge in [0.05, 0.1) is 40.5 Å². The van der Waals surface area contributed by atoms with Gasteiger partial charge in [-0.1, -0.05) is 12.1 Å². The Morgan fingerprint density at radius 2 is 1.73 bits per heavy atom. The number of thiol groups is 1. The van der Waals surface area contributed by atoms with E-state index in [0.29, 0.717) is 11.3 Å². The maximum atomic E-state index is 13.1. The summed E-state index contributed by atoms with van der Waals surface area (Å²) in [6.07, 6.45) is 0. The molecule has 1 N–H and O–H groups in total. The molecule has 1 aromatic carbocycles. The number of nitrogens with one attached hydrogen (secondary N) is 1. The van der Waals surface area contributed by atoms with E-state index in [0.717, 1.165) is 0 Å². The van der Waals surface area contributed by atoms with Crippen molar-refractivity contribution in [2.45, 2.75) is 38.9 Å². The van der Waals surface area contributed by atoms with E-state index in [-0.39, 0.29) is 42.4 Å². The van der Waals surface area contributed by atoms with Crippen LogP contribution < -0.4 is 5.32 Å². The van der Waals surface area contributed by atoms with Gasteiger partial charge in [-0.2, -0.15) is 12.6 Å². The SMILES string of the molecule is CCOC(=O)C1=C(C)NC(C(S)COC(C)=O)=C(C(=O)OCC)C1c1cccc([N+](=O)[O-])c1. The Kier molecular flexibility index (Phi) is 9.03. The van der Waals surface area contributed by atoms with Crippen LogP contribution in [-0.2, 0) is 28.6 Å². The number of rotatable bonds is 9. The molecule has 10 nitrogen and oxygen atoms in total. The third kappa shape index (κ3) is 6.13. The second-order valence-electron chi connectivity index (χ2n) is 7.04. The highest BCUT2D eigenvalue weighted by Crippen LogP contribution is 2.41. The first-order chi connectivity index (χ1) is 15.6. The average Bonchev–Trinajstić information content (AvgIpc) is 2.76. The van der Waals surface area contributed by atoms with E-state index in [2.05, 4.69) is 17.9 Å². The maximum absolute atomic E-state index is 13.1. The molecule has 2 unspecified atom stereocenters. The van der Waals surface area contributed by atoms with Crippen molar-refractivity contribution in [1.82, 2.24) is 5.32 Å². The predicted molar refractivity (Wildman–Crippen MR) is 121 cm³/mol. The van der Waals surface area contributed by atoms with Crippen LogP contribution in [0.4, 0.5) is 5.69 Å². The summed E-state index contributed by atoms with van der Waals surface area (Å²) < 4.78 is 15.5. The van der Waals surface area contributed by atoms with Crippen LogP contribution in [0.2, 0.25) is 0 Å². The Hall–Kier alpha value is -3.34. The van der Waals surface area contributed by atoms with Crippen molar-refractivity contribution < 1.29 is 33.5 Å². The number of nitro groups is 1. The third-order valence-corrected chi connectivity index (χ3v) is 5.18. The second-order valence-corrected chi connectivity index (χ2v) is 7.66. The van der Waals surface area contributed by atoms with Gasteiger partial charge in [-0.05, 0) is 26.3 Å². The van der Waals surface area contributed by atoms with Gasteiger partial charge in [-0.3, -0.25) is 14.9 Å². The van der Waals surface area contributed by atoms with E-state index >= 15 is 0 Å². The van der Waals surface area contributed by atoms with Crippen LogP contribution in [0.15, 0.2) is 46.8 Å². The number of hydrogen-bond acceptors (Lipinski definition) is 10. The Balaban J connectivity index is 2.77. The van der Waals surface area contributed by atoms with E-state index in [1.807, 2.05) is 0 Å². The minimum atomic E-state index is -1.04. The summed E-state index contributed by atoms with van der Waals surface area (Å²) in [7, 11) is 0. The highest BCUT2D eigenvalue weighted by atomic mass is 32.1. The molecule has 0 spiro atoms. The van der Waals surface area contributed by atoms with E-state index in [1.54, 1.807) is 26.8 Å². The van der Waals surface area contributed by atoms with E-state index in [9.17, 15) is 24.5 Å². The zero-order chi connectivity index (χ0) is 24.7. The molecule has 1 heterocycles. The summed E-state index contributed by atoms with van der Waals surface area (Å²) in [5.41, 5.74) is 0.881. The number of carbonyl (C=O) groups is 3. The van der Waals surface area contributed by atoms with Gasteiger partial charge in [-0.15, -0.1) is 0 Å². The topological polar surface area (TPSA) is 134 Å². The highest BCUT2D eigenvalue weighted by Gasteiger charge is 2.40. The Morgan fingerprint density at radius 3 is 2.27 bits per heavy atom. The lowest BCUT2D eigenvalue weighted by atomic mass is 9.79. The summed E-state index contributed by atoms with van der Waals surface area (Å²) >= 11 is 4.49. The molecule has 178 valence electrons. The van der Waals surface area contributed by atoms with Crippen LogP contribution in [0.25, 0.3) is 0 Å². The smallest absolute Gasteiger partial charge is 0.336 e. The number of nitrogens with zero attached hydrogens (tertiary/aromatic N) is 1. The number of hydrogen-bond donors (Lipinski definition) is 2. The molecule has 0 amide bonds. The number of ether oxygens (including phenoxy) is 3. The van der Waals surface area contributed by atoms with Gasteiger partial charge in [0.25, 0.3) is 5.69 Å². The van der Waals surface area contributed by atoms with Crippen molar-refractivity contribution in [3.63, 3.8) is 0 Å². The van der Waals surface area contributed by atoms with Gasteiger partial charge in [0, 0.05) is 30.5 Å². The number of nitro benzene ring substituents is 1. The van der Waals surface area contributed by atoms with Gasteiger partial charge >= 0.3 is 17.9 Å². The molecule has 1 aromatic rings. The molecule has 1 aliphatic heterocycles. The van der Waals surface area contributed by atoms with E-state index in [4.69, 9.17) is 14.2 Å². The fourth-order valence-electron chi connectivity index (χ4n) is 3.46. The lowest BCUT2D eigenvalue weighted by Gasteiger charge is -2.33. The summed E-state index contributed by atoms with van der Waals surface area (Å²) in [6, 6.07) is 5.64. The molecule has 0 bridgehead atoms. The average molecular weight is 479 g/mol. The van der Waals surface area contributed by atoms with Crippen molar-refractivity contribution in [2.24, 2.45) is 0 Å². The largest absolute Gasteiger partial charge is 0.464 e. The molecule has 0 aliphatic carbocycles. The molecular weight excluding hydrogens is 452 g/mol. The van der Waals surface area contributed by atoms with Gasteiger partial charge in [0.1, 0.15) is 6.61 Å². The van der Waals surface area contributed by atoms with Crippen molar-refractivity contribution in [3.05, 3.63) is 62.5 Å². The normalized spacial score (nSPS) is 16.6. The Labute approximate surface area is 196 Å². The number of esters is 3. The van der Waals surface area contributed by atoms with Crippen molar-refractivity contribution in [2.75, 3.05) is 19.8 Å². The second kappa shape index (κ2) is 11.5. The van der Waals surface area contributed by atoms with Crippen LogP contribution >= 0.6 is 12.6 Å². The molecule has 11 heteroatoms. The molecule has 1 aliphatic rings. The summed E-state index contributed by atoms with van der Waals surface area (Å²) in [6.45, 7) is 6.10. The first-order valence-electron chi connectivity index (χ1n) is 10.2. The third-order valence-electron chi connectivity index (χ3n) is 4.78. The molecule has 2 rings (SSSR count). The predicted octanol–water partition coefficient (Wildman–Crippen LogP) is 2.80. The Bertz CT molecular complexity index is 1020.